The fraction of sp³-hybridized carbons (Fsp3) is 0.150. The number of pyridine rings is 1. The van der Waals surface area contributed by atoms with Gasteiger partial charge < -0.3 is 15.0 Å². The molecule has 156 valence electrons. The predicted molar refractivity (Wildman–Crippen MR) is 106 cm³/mol. The second kappa shape index (κ2) is 9.10. The standard InChI is InChI=1S/C20H16ClF3N4O2/c21-16-7-13(8-25-17(16)11-29)4-5-19(30)27-18-10-28(12-26-18)9-14-2-1-3-15(6-14)20(22,23)24/h1-8,10,12,29H,9,11H2,(H,27,30)/b5-4+. The number of imidazole rings is 1. The monoisotopic (exact) mass is 436 g/mol. The summed E-state index contributed by atoms with van der Waals surface area (Å²) in [5, 5.41) is 11.9. The van der Waals surface area contributed by atoms with Crippen LogP contribution in [0.3, 0.4) is 0 Å². The number of carbonyl (C=O) groups excluding carboxylic acids is 1. The Morgan fingerprint density at radius 1 is 1.27 bits per heavy atom. The average molecular weight is 437 g/mol. The predicted octanol–water partition coefficient (Wildman–Crippen LogP) is 4.14. The number of anilines is 1. The summed E-state index contributed by atoms with van der Waals surface area (Å²) in [6.07, 6.45) is 2.74. The largest absolute Gasteiger partial charge is 0.416 e. The smallest absolute Gasteiger partial charge is 0.390 e. The summed E-state index contributed by atoms with van der Waals surface area (Å²) < 4.78 is 40.0. The summed E-state index contributed by atoms with van der Waals surface area (Å²) in [6, 6.07) is 6.57. The van der Waals surface area contributed by atoms with Gasteiger partial charge >= 0.3 is 6.18 Å². The first-order valence-corrected chi connectivity index (χ1v) is 9.04. The molecule has 0 saturated heterocycles. The number of aliphatic hydroxyl groups excluding tert-OH is 1. The highest BCUT2D eigenvalue weighted by molar-refractivity contribution is 6.31. The molecule has 0 unspecified atom stereocenters. The van der Waals surface area contributed by atoms with Gasteiger partial charge in [-0.15, -0.1) is 0 Å². The lowest BCUT2D eigenvalue weighted by atomic mass is 10.1. The lowest BCUT2D eigenvalue weighted by molar-refractivity contribution is -0.137. The molecule has 0 radical (unpaired) electrons. The van der Waals surface area contributed by atoms with Gasteiger partial charge in [-0.05, 0) is 35.4 Å². The number of alkyl halides is 3. The summed E-state index contributed by atoms with van der Waals surface area (Å²) in [5.74, 6) is -0.204. The molecule has 3 aromatic rings. The molecule has 3 rings (SSSR count). The van der Waals surface area contributed by atoms with E-state index in [0.29, 0.717) is 16.8 Å². The molecule has 0 bridgehead atoms. The quantitative estimate of drug-likeness (QED) is 0.569. The van der Waals surface area contributed by atoms with Gasteiger partial charge in [-0.25, -0.2) is 4.98 Å². The summed E-state index contributed by atoms with van der Waals surface area (Å²) in [4.78, 5) is 20.1. The minimum atomic E-state index is -4.41. The summed E-state index contributed by atoms with van der Waals surface area (Å²) >= 11 is 5.95. The van der Waals surface area contributed by atoms with E-state index < -0.39 is 17.6 Å². The zero-order valence-electron chi connectivity index (χ0n) is 15.4. The highest BCUT2D eigenvalue weighted by atomic mass is 35.5. The molecule has 0 atom stereocenters. The van der Waals surface area contributed by atoms with Crippen molar-refractivity contribution in [3.63, 3.8) is 0 Å². The van der Waals surface area contributed by atoms with Crippen LogP contribution in [0.5, 0.6) is 0 Å². The van der Waals surface area contributed by atoms with E-state index in [1.54, 1.807) is 16.7 Å². The number of amides is 1. The van der Waals surface area contributed by atoms with Gasteiger partial charge in [-0.2, -0.15) is 13.2 Å². The fourth-order valence-electron chi connectivity index (χ4n) is 2.60. The van der Waals surface area contributed by atoms with Gasteiger partial charge in [0.25, 0.3) is 0 Å². The van der Waals surface area contributed by atoms with Gasteiger partial charge in [0.05, 0.1) is 29.2 Å². The molecule has 30 heavy (non-hydrogen) atoms. The molecular weight excluding hydrogens is 421 g/mol. The summed E-state index contributed by atoms with van der Waals surface area (Å²) in [5.41, 5.74) is 0.642. The van der Waals surface area contributed by atoms with Crippen LogP contribution in [0.2, 0.25) is 5.02 Å². The van der Waals surface area contributed by atoms with E-state index in [-0.39, 0.29) is 24.0 Å². The molecule has 2 heterocycles. The molecule has 1 aromatic carbocycles. The Morgan fingerprint density at radius 2 is 2.07 bits per heavy atom. The van der Waals surface area contributed by atoms with E-state index in [1.807, 2.05) is 0 Å². The first-order valence-electron chi connectivity index (χ1n) is 8.67. The van der Waals surface area contributed by atoms with E-state index >= 15 is 0 Å². The third-order valence-corrected chi connectivity index (χ3v) is 4.35. The second-order valence-corrected chi connectivity index (χ2v) is 6.71. The average Bonchev–Trinajstić information content (AvgIpc) is 3.12. The van der Waals surface area contributed by atoms with Gasteiger partial charge in [0.2, 0.25) is 5.91 Å². The van der Waals surface area contributed by atoms with E-state index in [9.17, 15) is 18.0 Å². The number of nitrogens with one attached hydrogen (secondary N) is 1. The van der Waals surface area contributed by atoms with Crippen molar-refractivity contribution in [1.29, 1.82) is 0 Å². The van der Waals surface area contributed by atoms with Crippen LogP contribution < -0.4 is 5.32 Å². The molecule has 0 fully saturated rings. The van der Waals surface area contributed by atoms with Crippen LogP contribution in [0.25, 0.3) is 6.08 Å². The molecule has 0 spiro atoms. The number of benzene rings is 1. The SMILES string of the molecule is O=C(/C=C/c1cnc(CO)c(Cl)c1)Nc1cn(Cc2cccc(C(F)(F)F)c2)cn1. The van der Waals surface area contributed by atoms with Crippen molar-refractivity contribution in [2.24, 2.45) is 0 Å². The molecule has 0 aliphatic heterocycles. The van der Waals surface area contributed by atoms with E-state index in [4.69, 9.17) is 16.7 Å². The Kier molecular flexibility index (Phi) is 6.53. The number of nitrogens with zero attached hydrogens (tertiary/aromatic N) is 3. The first kappa shape index (κ1) is 21.5. The minimum absolute atomic E-state index is 0.171. The van der Waals surface area contributed by atoms with Crippen molar-refractivity contribution in [3.8, 4) is 0 Å². The van der Waals surface area contributed by atoms with Gasteiger partial charge in [0, 0.05) is 25.0 Å². The van der Waals surface area contributed by atoms with Crippen LogP contribution in [0.1, 0.15) is 22.4 Å². The van der Waals surface area contributed by atoms with Crippen LogP contribution in [-0.2, 0) is 24.1 Å². The minimum Gasteiger partial charge on any atom is -0.390 e. The number of hydrogen-bond acceptors (Lipinski definition) is 4. The second-order valence-electron chi connectivity index (χ2n) is 6.31. The molecule has 0 aliphatic carbocycles. The lowest BCUT2D eigenvalue weighted by Gasteiger charge is -2.09. The van der Waals surface area contributed by atoms with Crippen LogP contribution >= 0.6 is 11.6 Å². The molecule has 0 saturated carbocycles. The topological polar surface area (TPSA) is 80.0 Å². The molecule has 10 heteroatoms. The summed E-state index contributed by atoms with van der Waals surface area (Å²) in [7, 11) is 0. The van der Waals surface area contributed by atoms with Crippen molar-refractivity contribution in [1.82, 2.24) is 14.5 Å². The molecular formula is C20H16ClF3N4O2. The zero-order valence-corrected chi connectivity index (χ0v) is 16.2. The van der Waals surface area contributed by atoms with Crippen molar-refractivity contribution in [2.45, 2.75) is 19.3 Å². The normalized spacial score (nSPS) is 11.8. The highest BCUT2D eigenvalue weighted by Crippen LogP contribution is 2.29. The third kappa shape index (κ3) is 5.68. The Morgan fingerprint density at radius 3 is 2.77 bits per heavy atom. The highest BCUT2D eigenvalue weighted by Gasteiger charge is 2.30. The molecule has 6 nitrogen and oxygen atoms in total. The van der Waals surface area contributed by atoms with Crippen molar-refractivity contribution in [3.05, 3.63) is 82.5 Å². The van der Waals surface area contributed by atoms with Gasteiger partial charge in [-0.3, -0.25) is 9.78 Å². The van der Waals surface area contributed by atoms with Gasteiger partial charge in [0.1, 0.15) is 0 Å². The number of aromatic nitrogens is 3. The van der Waals surface area contributed by atoms with Crippen LogP contribution in [0.15, 0.2) is 55.1 Å². The van der Waals surface area contributed by atoms with Crippen LogP contribution in [0.4, 0.5) is 19.0 Å². The third-order valence-electron chi connectivity index (χ3n) is 4.02. The maximum atomic E-state index is 12.8. The Balaban J connectivity index is 1.61. The number of halogens is 4. The van der Waals surface area contributed by atoms with E-state index in [2.05, 4.69) is 15.3 Å². The van der Waals surface area contributed by atoms with Crippen molar-refractivity contribution >= 4 is 29.4 Å². The fourth-order valence-corrected chi connectivity index (χ4v) is 2.83. The summed E-state index contributed by atoms with van der Waals surface area (Å²) in [6.45, 7) is -0.115. The van der Waals surface area contributed by atoms with Gasteiger partial charge in [0.15, 0.2) is 5.82 Å². The molecule has 2 N–H and O–H groups in total. The molecule has 2 aromatic heterocycles. The lowest BCUT2D eigenvalue weighted by Crippen LogP contribution is -2.08. The number of rotatable bonds is 6. The number of hydrogen-bond donors (Lipinski definition) is 2. The molecule has 1 amide bonds. The maximum absolute atomic E-state index is 12.8. The Labute approximate surface area is 174 Å². The first-order chi connectivity index (χ1) is 14.2. The van der Waals surface area contributed by atoms with Crippen LogP contribution in [0, 0.1) is 0 Å². The number of aliphatic hydroxyl groups is 1. The number of carbonyl (C=O) groups is 1. The van der Waals surface area contributed by atoms with Crippen molar-refractivity contribution in [2.75, 3.05) is 5.32 Å². The Bertz CT molecular complexity index is 1080. The van der Waals surface area contributed by atoms with Crippen LogP contribution in [-0.4, -0.2) is 25.5 Å². The maximum Gasteiger partial charge on any atom is 0.416 e. The molecule has 0 aliphatic rings. The van der Waals surface area contributed by atoms with E-state index in [1.165, 1.54) is 36.9 Å². The van der Waals surface area contributed by atoms with Gasteiger partial charge in [-0.1, -0.05) is 23.7 Å². The van der Waals surface area contributed by atoms with E-state index in [0.717, 1.165) is 12.1 Å². The Hall–Kier alpha value is -3.17. The zero-order chi connectivity index (χ0) is 21.7. The van der Waals surface area contributed by atoms with Crippen molar-refractivity contribution < 1.29 is 23.1 Å².